The summed E-state index contributed by atoms with van der Waals surface area (Å²) in [6, 6.07) is 11.8. The molecule has 1 aliphatic rings. The maximum Gasteiger partial charge on any atom is 0.230 e. The second kappa shape index (κ2) is 5.72. The fourth-order valence-corrected chi connectivity index (χ4v) is 4.17. The molecule has 1 aromatic carbocycles. The maximum atomic E-state index is 12.3. The highest BCUT2D eigenvalue weighted by Crippen LogP contribution is 2.30. The van der Waals surface area contributed by atoms with Crippen molar-refractivity contribution in [3.05, 3.63) is 35.9 Å². The Balaban J connectivity index is 2.13. The van der Waals surface area contributed by atoms with Crippen molar-refractivity contribution in [2.45, 2.75) is 30.9 Å². The lowest BCUT2D eigenvalue weighted by atomic mass is 9.99. The third-order valence-corrected chi connectivity index (χ3v) is 5.87. The zero-order chi connectivity index (χ0) is 13.9. The van der Waals surface area contributed by atoms with Gasteiger partial charge in [-0.3, -0.25) is 0 Å². The molecule has 0 aromatic heterocycles. The molecule has 1 aromatic rings. The average Bonchev–Trinajstić information content (AvgIpc) is 2.91. The highest BCUT2D eigenvalue weighted by atomic mass is 32.2. The highest BCUT2D eigenvalue weighted by Gasteiger charge is 2.36. The Bertz CT molecular complexity index is 563. The quantitative estimate of drug-likeness (QED) is 0.847. The van der Waals surface area contributed by atoms with E-state index in [4.69, 9.17) is 5.26 Å². The standard InChI is InChI=1S/C14H18N2O2S/c1-2-14(10-15)19(17,18)16-9-8-13(11-16)12-6-4-3-5-7-12/h3-7,13-14H,2,8-9,11H2,1H3. The number of nitrogens with zero attached hydrogens (tertiary/aromatic N) is 2. The van der Waals surface area contributed by atoms with E-state index in [0.29, 0.717) is 19.5 Å². The molecule has 1 fully saturated rings. The zero-order valence-electron chi connectivity index (χ0n) is 11.0. The molecule has 102 valence electrons. The number of benzene rings is 1. The minimum atomic E-state index is -3.47. The smallest absolute Gasteiger partial charge is 0.211 e. The Labute approximate surface area is 114 Å². The Hall–Kier alpha value is -1.38. The summed E-state index contributed by atoms with van der Waals surface area (Å²) in [5.74, 6) is 0.243. The fraction of sp³-hybridized carbons (Fsp3) is 0.500. The maximum absolute atomic E-state index is 12.3. The molecule has 2 atom stereocenters. The second-order valence-corrected chi connectivity index (χ2v) is 6.94. The molecule has 0 bridgehead atoms. The van der Waals surface area contributed by atoms with Crippen molar-refractivity contribution >= 4 is 10.0 Å². The normalized spacial score (nSPS) is 22.0. The number of hydrogen-bond donors (Lipinski definition) is 0. The molecule has 0 N–H and O–H groups in total. The number of hydrogen-bond acceptors (Lipinski definition) is 3. The van der Waals surface area contributed by atoms with E-state index in [-0.39, 0.29) is 5.92 Å². The Morgan fingerprint density at radius 1 is 1.42 bits per heavy atom. The summed E-state index contributed by atoms with van der Waals surface area (Å²) in [5, 5.41) is 8.03. The van der Waals surface area contributed by atoms with E-state index in [1.807, 2.05) is 36.4 Å². The van der Waals surface area contributed by atoms with Crippen molar-refractivity contribution in [1.82, 2.24) is 4.31 Å². The van der Waals surface area contributed by atoms with E-state index in [2.05, 4.69) is 0 Å². The first-order valence-electron chi connectivity index (χ1n) is 6.53. The molecule has 1 saturated heterocycles. The molecular formula is C14H18N2O2S. The van der Waals surface area contributed by atoms with Gasteiger partial charge in [-0.2, -0.15) is 5.26 Å². The average molecular weight is 278 g/mol. The summed E-state index contributed by atoms with van der Waals surface area (Å²) < 4.78 is 26.0. The summed E-state index contributed by atoms with van der Waals surface area (Å²) in [7, 11) is -3.47. The molecule has 2 rings (SSSR count). The Kier molecular flexibility index (Phi) is 4.23. The first-order valence-corrected chi connectivity index (χ1v) is 8.03. The van der Waals surface area contributed by atoms with Crippen molar-refractivity contribution in [2.24, 2.45) is 0 Å². The summed E-state index contributed by atoms with van der Waals surface area (Å²) >= 11 is 0. The van der Waals surface area contributed by atoms with Gasteiger partial charge in [-0.1, -0.05) is 37.3 Å². The summed E-state index contributed by atoms with van der Waals surface area (Å²) in [6.45, 7) is 2.74. The van der Waals surface area contributed by atoms with Gasteiger partial charge in [0.25, 0.3) is 0 Å². The van der Waals surface area contributed by atoms with Gasteiger partial charge in [0.2, 0.25) is 10.0 Å². The van der Waals surface area contributed by atoms with E-state index >= 15 is 0 Å². The van der Waals surface area contributed by atoms with Crippen molar-refractivity contribution in [3.63, 3.8) is 0 Å². The van der Waals surface area contributed by atoms with Crippen LogP contribution >= 0.6 is 0 Å². The van der Waals surface area contributed by atoms with Crippen LogP contribution in [0.2, 0.25) is 0 Å². The Morgan fingerprint density at radius 2 is 2.11 bits per heavy atom. The van der Waals surface area contributed by atoms with E-state index in [9.17, 15) is 8.42 Å². The van der Waals surface area contributed by atoms with Crippen LogP contribution in [0.25, 0.3) is 0 Å². The van der Waals surface area contributed by atoms with Crippen LogP contribution in [0.5, 0.6) is 0 Å². The zero-order valence-corrected chi connectivity index (χ0v) is 11.8. The molecule has 0 radical (unpaired) electrons. The van der Waals surface area contributed by atoms with Crippen LogP contribution in [0.3, 0.4) is 0 Å². The monoisotopic (exact) mass is 278 g/mol. The summed E-state index contributed by atoms with van der Waals surface area (Å²) in [4.78, 5) is 0. The van der Waals surface area contributed by atoms with Crippen molar-refractivity contribution < 1.29 is 8.42 Å². The molecule has 0 spiro atoms. The molecule has 1 aliphatic heterocycles. The van der Waals surface area contributed by atoms with Gasteiger partial charge in [0.15, 0.2) is 5.25 Å². The molecule has 1 heterocycles. The van der Waals surface area contributed by atoms with Gasteiger partial charge in [0.05, 0.1) is 6.07 Å². The number of sulfonamides is 1. The van der Waals surface area contributed by atoms with Gasteiger partial charge < -0.3 is 0 Å². The number of nitriles is 1. The molecule has 0 saturated carbocycles. The molecule has 5 heteroatoms. The van der Waals surface area contributed by atoms with Gasteiger partial charge in [-0.05, 0) is 24.3 Å². The van der Waals surface area contributed by atoms with Gasteiger partial charge >= 0.3 is 0 Å². The van der Waals surface area contributed by atoms with Crippen LogP contribution in [0.15, 0.2) is 30.3 Å². The molecule has 19 heavy (non-hydrogen) atoms. The van der Waals surface area contributed by atoms with Crippen LogP contribution in [-0.4, -0.2) is 31.1 Å². The largest absolute Gasteiger partial charge is 0.230 e. The third kappa shape index (κ3) is 2.80. The Morgan fingerprint density at radius 3 is 2.68 bits per heavy atom. The molecular weight excluding hydrogens is 260 g/mol. The summed E-state index contributed by atoms with van der Waals surface area (Å²) in [6.07, 6.45) is 1.16. The van der Waals surface area contributed by atoms with Crippen LogP contribution in [0, 0.1) is 11.3 Å². The lowest BCUT2D eigenvalue weighted by molar-refractivity contribution is 0.466. The number of rotatable bonds is 4. The van der Waals surface area contributed by atoms with Crippen molar-refractivity contribution in [1.29, 1.82) is 5.26 Å². The topological polar surface area (TPSA) is 61.2 Å². The van der Waals surface area contributed by atoms with Gasteiger partial charge in [-0.15, -0.1) is 0 Å². The SMILES string of the molecule is CCC(C#N)S(=O)(=O)N1CCC(c2ccccc2)C1. The predicted molar refractivity (Wildman–Crippen MR) is 74.0 cm³/mol. The lowest BCUT2D eigenvalue weighted by Gasteiger charge is -2.19. The molecule has 0 amide bonds. The predicted octanol–water partition coefficient (Wildman–Crippen LogP) is 2.11. The van der Waals surface area contributed by atoms with Crippen LogP contribution in [0.4, 0.5) is 0 Å². The first-order chi connectivity index (χ1) is 9.09. The minimum Gasteiger partial charge on any atom is -0.211 e. The molecule has 4 nitrogen and oxygen atoms in total. The van der Waals surface area contributed by atoms with Crippen molar-refractivity contribution in [2.75, 3.05) is 13.1 Å². The van der Waals surface area contributed by atoms with Crippen LogP contribution in [-0.2, 0) is 10.0 Å². The lowest BCUT2D eigenvalue weighted by Crippen LogP contribution is -2.36. The second-order valence-electron chi connectivity index (χ2n) is 4.83. The highest BCUT2D eigenvalue weighted by molar-refractivity contribution is 7.90. The van der Waals surface area contributed by atoms with Gasteiger partial charge in [0, 0.05) is 13.1 Å². The summed E-state index contributed by atoms with van der Waals surface area (Å²) in [5.41, 5.74) is 1.17. The molecule has 0 aliphatic carbocycles. The van der Waals surface area contributed by atoms with Crippen molar-refractivity contribution in [3.8, 4) is 6.07 Å². The van der Waals surface area contributed by atoms with E-state index in [1.165, 1.54) is 9.87 Å². The van der Waals surface area contributed by atoms with Crippen LogP contribution in [0.1, 0.15) is 31.2 Å². The van der Waals surface area contributed by atoms with E-state index < -0.39 is 15.3 Å². The third-order valence-electron chi connectivity index (χ3n) is 3.66. The van der Waals surface area contributed by atoms with Gasteiger partial charge in [-0.25, -0.2) is 12.7 Å². The van der Waals surface area contributed by atoms with Gasteiger partial charge in [0.1, 0.15) is 0 Å². The fourth-order valence-electron chi connectivity index (χ4n) is 2.51. The molecule has 2 unspecified atom stereocenters. The minimum absolute atomic E-state index is 0.243. The van der Waals surface area contributed by atoms with Crippen LogP contribution < -0.4 is 0 Å². The van der Waals surface area contributed by atoms with E-state index in [1.54, 1.807) is 6.92 Å². The van der Waals surface area contributed by atoms with E-state index in [0.717, 1.165) is 6.42 Å². The first kappa shape index (κ1) is 14.0.